The molecule has 1 rings (SSSR count). The van der Waals surface area contributed by atoms with Crippen LogP contribution in [-0.4, -0.2) is 28.3 Å². The van der Waals surface area contributed by atoms with Crippen molar-refractivity contribution >= 4 is 7.60 Å². The van der Waals surface area contributed by atoms with Crippen LogP contribution in [-0.2, 0) is 13.6 Å². The summed E-state index contributed by atoms with van der Waals surface area (Å²) in [6, 6.07) is 8.52. The van der Waals surface area contributed by atoms with Gasteiger partial charge in [-0.15, -0.1) is 0 Å². The van der Waals surface area contributed by atoms with E-state index in [-0.39, 0.29) is 0 Å². The van der Waals surface area contributed by atoms with Gasteiger partial charge in [0.2, 0.25) is 0 Å². The van der Waals surface area contributed by atoms with Crippen molar-refractivity contribution in [3.63, 3.8) is 0 Å². The van der Waals surface area contributed by atoms with E-state index in [1.165, 1.54) is 0 Å². The van der Waals surface area contributed by atoms with Gasteiger partial charge in [-0.3, -0.25) is 4.57 Å². The number of rotatable bonds is 7. The average molecular weight is 302 g/mol. The Balaban J connectivity index is 2.98. The molecule has 0 amide bonds. The van der Waals surface area contributed by atoms with Crippen molar-refractivity contribution in [3.05, 3.63) is 35.9 Å². The maximum absolute atomic E-state index is 12.7. The molecule has 0 saturated heterocycles. The average Bonchev–Trinajstić information content (AvgIpc) is 2.36. The van der Waals surface area contributed by atoms with Crippen LogP contribution in [0.15, 0.2) is 30.3 Å². The second-order valence-electron chi connectivity index (χ2n) is 5.12. The summed E-state index contributed by atoms with van der Waals surface area (Å²) in [5, 5.41) is 20.4. The summed E-state index contributed by atoms with van der Waals surface area (Å²) in [6.45, 7) is 6.77. The van der Waals surface area contributed by atoms with Crippen LogP contribution in [0.25, 0.3) is 0 Å². The molecule has 20 heavy (non-hydrogen) atoms. The third-order valence-corrected chi connectivity index (χ3v) is 4.82. The van der Waals surface area contributed by atoms with E-state index in [1.54, 1.807) is 58.0 Å². The lowest BCUT2D eigenvalue weighted by Crippen LogP contribution is -2.24. The fourth-order valence-electron chi connectivity index (χ4n) is 1.73. The molecule has 0 aliphatic rings. The highest BCUT2D eigenvalue weighted by atomic mass is 31.2. The second kappa shape index (κ2) is 7.34. The minimum atomic E-state index is -3.84. The van der Waals surface area contributed by atoms with Crippen molar-refractivity contribution in [1.29, 1.82) is 0 Å². The Kier molecular flexibility index (Phi) is 6.37. The van der Waals surface area contributed by atoms with Crippen molar-refractivity contribution in [2.75, 3.05) is 0 Å². The van der Waals surface area contributed by atoms with Crippen LogP contribution in [0, 0.1) is 0 Å². The molecule has 5 nitrogen and oxygen atoms in total. The lowest BCUT2D eigenvalue weighted by molar-refractivity contribution is 0.0277. The summed E-state index contributed by atoms with van der Waals surface area (Å²) in [6.07, 6.45) is -2.12. The largest absolute Gasteiger partial charge is 0.385 e. The Bertz CT molecular complexity index is 432. The molecule has 0 radical (unpaired) electrons. The van der Waals surface area contributed by atoms with Crippen LogP contribution in [0.1, 0.15) is 39.4 Å². The Morgan fingerprint density at radius 3 is 1.80 bits per heavy atom. The Hall–Kier alpha value is -0.710. The predicted molar refractivity (Wildman–Crippen MR) is 77.5 cm³/mol. The molecule has 2 atom stereocenters. The van der Waals surface area contributed by atoms with Gasteiger partial charge in [-0.25, -0.2) is 0 Å². The van der Waals surface area contributed by atoms with E-state index in [4.69, 9.17) is 9.05 Å². The smallest absolute Gasteiger partial charge is 0.362 e. The standard InChI is InChI=1S/C14H23O5P/c1-10(2)18-20(17,19-11(3)4)14(16)13(15)12-8-6-5-7-9-12/h5-11,13-16H,1-4H3/t13-,14-/m0/s1. The fraction of sp³-hybridized carbons (Fsp3) is 0.571. The van der Waals surface area contributed by atoms with E-state index in [9.17, 15) is 14.8 Å². The fourth-order valence-corrected chi connectivity index (χ4v) is 3.73. The minimum absolute atomic E-state index is 0.391. The normalized spacial score (nSPS) is 15.6. The highest BCUT2D eigenvalue weighted by Gasteiger charge is 2.41. The van der Waals surface area contributed by atoms with Crippen molar-refractivity contribution in [3.8, 4) is 0 Å². The molecule has 0 saturated carbocycles. The topological polar surface area (TPSA) is 76.0 Å². The lowest BCUT2D eigenvalue weighted by Gasteiger charge is -2.29. The first-order chi connectivity index (χ1) is 9.26. The molecule has 0 unspecified atom stereocenters. The summed E-state index contributed by atoms with van der Waals surface area (Å²) < 4.78 is 23.2. The molecule has 0 fully saturated rings. The van der Waals surface area contributed by atoms with E-state index in [2.05, 4.69) is 0 Å². The van der Waals surface area contributed by atoms with Gasteiger partial charge in [-0.2, -0.15) is 0 Å². The van der Waals surface area contributed by atoms with Crippen molar-refractivity contribution < 1.29 is 23.8 Å². The minimum Gasteiger partial charge on any atom is -0.385 e. The zero-order chi connectivity index (χ0) is 15.3. The first-order valence-corrected chi connectivity index (χ1v) is 8.25. The van der Waals surface area contributed by atoms with E-state index in [0.29, 0.717) is 5.56 Å². The number of hydrogen-bond acceptors (Lipinski definition) is 5. The van der Waals surface area contributed by atoms with Crippen LogP contribution in [0.3, 0.4) is 0 Å². The molecule has 0 aliphatic heterocycles. The zero-order valence-electron chi connectivity index (χ0n) is 12.3. The van der Waals surface area contributed by atoms with E-state index in [1.807, 2.05) is 0 Å². The maximum Gasteiger partial charge on any atom is 0.362 e. The number of aliphatic hydroxyl groups is 2. The van der Waals surface area contributed by atoms with E-state index < -0.39 is 31.8 Å². The van der Waals surface area contributed by atoms with Crippen molar-refractivity contribution in [2.24, 2.45) is 0 Å². The van der Waals surface area contributed by atoms with Gasteiger partial charge in [0.15, 0.2) is 5.85 Å². The predicted octanol–water partition coefficient (Wildman–Crippen LogP) is 3.08. The molecule has 0 heterocycles. The summed E-state index contributed by atoms with van der Waals surface area (Å²) in [7, 11) is -3.84. The maximum atomic E-state index is 12.7. The molecule has 1 aromatic rings. The summed E-state index contributed by atoms with van der Waals surface area (Å²) in [5.41, 5.74) is 0.458. The Morgan fingerprint density at radius 1 is 0.950 bits per heavy atom. The molecule has 1 aromatic carbocycles. The summed E-state index contributed by atoms with van der Waals surface area (Å²) in [4.78, 5) is 0. The molecule has 0 aromatic heterocycles. The molecule has 114 valence electrons. The number of aliphatic hydroxyl groups excluding tert-OH is 2. The van der Waals surface area contributed by atoms with E-state index in [0.717, 1.165) is 0 Å². The van der Waals surface area contributed by atoms with Gasteiger partial charge in [0, 0.05) is 0 Å². The molecular formula is C14H23O5P. The molecule has 0 bridgehead atoms. The molecule has 0 spiro atoms. The van der Waals surface area contributed by atoms with E-state index >= 15 is 0 Å². The number of benzene rings is 1. The molecule has 0 aliphatic carbocycles. The van der Waals surface area contributed by atoms with Gasteiger partial charge < -0.3 is 19.3 Å². The molecular weight excluding hydrogens is 279 g/mol. The number of hydrogen-bond donors (Lipinski definition) is 2. The highest BCUT2D eigenvalue weighted by Crippen LogP contribution is 2.57. The first-order valence-electron chi connectivity index (χ1n) is 6.64. The summed E-state index contributed by atoms with van der Waals surface area (Å²) in [5.74, 6) is -1.63. The van der Waals surface area contributed by atoms with Crippen LogP contribution in [0.2, 0.25) is 0 Å². The van der Waals surface area contributed by atoms with Gasteiger partial charge in [0.25, 0.3) is 0 Å². The third-order valence-electron chi connectivity index (χ3n) is 2.46. The van der Waals surface area contributed by atoms with Gasteiger partial charge in [-0.05, 0) is 33.3 Å². The zero-order valence-corrected chi connectivity index (χ0v) is 13.2. The quantitative estimate of drug-likeness (QED) is 0.757. The van der Waals surface area contributed by atoms with Crippen LogP contribution in [0.5, 0.6) is 0 Å². The second-order valence-corrected chi connectivity index (χ2v) is 7.15. The first kappa shape index (κ1) is 17.3. The Morgan fingerprint density at radius 2 is 1.40 bits per heavy atom. The van der Waals surface area contributed by atoms with Crippen LogP contribution in [0.4, 0.5) is 0 Å². The Labute approximate surface area is 120 Å². The van der Waals surface area contributed by atoms with Crippen molar-refractivity contribution in [2.45, 2.75) is 51.9 Å². The monoisotopic (exact) mass is 302 g/mol. The third kappa shape index (κ3) is 4.69. The van der Waals surface area contributed by atoms with Crippen molar-refractivity contribution in [1.82, 2.24) is 0 Å². The summed E-state index contributed by atoms with van der Waals surface area (Å²) >= 11 is 0. The van der Waals surface area contributed by atoms with Crippen LogP contribution < -0.4 is 0 Å². The van der Waals surface area contributed by atoms with Gasteiger partial charge >= 0.3 is 7.60 Å². The SMILES string of the molecule is CC(C)OP(=O)(OC(C)C)[C@H](O)[C@@H](O)c1ccccc1. The van der Waals surface area contributed by atoms with Gasteiger partial charge in [0.1, 0.15) is 6.10 Å². The highest BCUT2D eigenvalue weighted by molar-refractivity contribution is 7.54. The van der Waals surface area contributed by atoms with Gasteiger partial charge in [0.05, 0.1) is 12.2 Å². The van der Waals surface area contributed by atoms with Crippen LogP contribution >= 0.6 is 7.60 Å². The van der Waals surface area contributed by atoms with Gasteiger partial charge in [-0.1, -0.05) is 30.3 Å². The molecule has 6 heteroatoms. The molecule has 2 N–H and O–H groups in total. The lowest BCUT2D eigenvalue weighted by atomic mass is 10.1.